The second-order valence-electron chi connectivity index (χ2n) is 5.11. The number of ether oxygens (including phenoxy) is 1. The number of fused-ring (bicyclic) bond motifs is 1. The smallest absolute Gasteiger partial charge is 0.370 e. The third-order valence-corrected chi connectivity index (χ3v) is 3.32. The summed E-state index contributed by atoms with van der Waals surface area (Å²) in [4.78, 5) is 8.71. The zero-order valence-corrected chi connectivity index (χ0v) is 12.1. The zero-order chi connectivity index (χ0) is 15.3. The molecule has 1 aromatic heterocycles. The van der Waals surface area contributed by atoms with Crippen LogP contribution < -0.4 is 5.32 Å². The van der Waals surface area contributed by atoms with Gasteiger partial charge in [-0.05, 0) is 32.6 Å². The van der Waals surface area contributed by atoms with Crippen LogP contribution in [0.3, 0.4) is 0 Å². The van der Waals surface area contributed by atoms with Gasteiger partial charge in [-0.25, -0.2) is 9.97 Å². The predicted molar refractivity (Wildman–Crippen MR) is 73.2 cm³/mol. The van der Waals surface area contributed by atoms with Crippen molar-refractivity contribution in [1.82, 2.24) is 9.97 Å². The lowest BCUT2D eigenvalue weighted by molar-refractivity contribution is -0.177. The van der Waals surface area contributed by atoms with Crippen molar-refractivity contribution in [3.8, 4) is 0 Å². The molecule has 118 valence electrons. The number of anilines is 1. The molecule has 7 heteroatoms. The van der Waals surface area contributed by atoms with Gasteiger partial charge in [-0.2, -0.15) is 13.2 Å². The molecule has 0 aliphatic heterocycles. The van der Waals surface area contributed by atoms with Crippen LogP contribution in [0.4, 0.5) is 19.0 Å². The number of nitrogens with zero attached hydrogens (tertiary/aromatic N) is 2. The molecule has 1 aliphatic carbocycles. The molecule has 0 fully saturated rings. The Bertz CT molecular complexity index is 477. The maximum atomic E-state index is 12.1. The van der Waals surface area contributed by atoms with E-state index in [0.29, 0.717) is 12.4 Å². The number of hydrogen-bond donors (Lipinski definition) is 1. The van der Waals surface area contributed by atoms with E-state index in [1.807, 2.05) is 6.92 Å². The third-order valence-electron chi connectivity index (χ3n) is 3.32. The summed E-state index contributed by atoms with van der Waals surface area (Å²) in [5, 5.41) is 3.18. The summed E-state index contributed by atoms with van der Waals surface area (Å²) in [5.41, 5.74) is 2.05. The first-order chi connectivity index (χ1) is 9.99. The van der Waals surface area contributed by atoms with E-state index in [1.54, 1.807) is 0 Å². The van der Waals surface area contributed by atoms with Crippen LogP contribution in [0.15, 0.2) is 0 Å². The van der Waals surface area contributed by atoms with Gasteiger partial charge in [0.25, 0.3) is 0 Å². The molecule has 0 saturated carbocycles. The van der Waals surface area contributed by atoms with Gasteiger partial charge in [0.15, 0.2) is 5.82 Å². The Labute approximate surface area is 122 Å². The molecule has 0 atom stereocenters. The van der Waals surface area contributed by atoms with Gasteiger partial charge in [-0.1, -0.05) is 6.42 Å². The van der Waals surface area contributed by atoms with Crippen LogP contribution in [0, 0.1) is 0 Å². The Kier molecular flexibility index (Phi) is 5.39. The molecular weight excluding hydrogens is 283 g/mol. The van der Waals surface area contributed by atoms with Gasteiger partial charge in [0.1, 0.15) is 19.0 Å². The van der Waals surface area contributed by atoms with Gasteiger partial charge in [0, 0.05) is 17.8 Å². The Balaban J connectivity index is 2.14. The average molecular weight is 303 g/mol. The molecule has 0 spiro atoms. The van der Waals surface area contributed by atoms with E-state index in [4.69, 9.17) is 0 Å². The summed E-state index contributed by atoms with van der Waals surface area (Å²) in [5.74, 6) is 1.06. The minimum atomic E-state index is -4.32. The summed E-state index contributed by atoms with van der Waals surface area (Å²) in [6.45, 7) is 1.19. The standard InChI is InChI=1S/C14H20F3N3O/c1-2-18-13-10-6-4-3-5-7-11(10)19-12(20-13)8-21-9-14(15,16)17/h2-9H2,1H3,(H,18,19,20). The molecule has 0 saturated heterocycles. The van der Waals surface area contributed by atoms with Crippen molar-refractivity contribution < 1.29 is 17.9 Å². The summed E-state index contributed by atoms with van der Waals surface area (Å²) in [6, 6.07) is 0. The molecule has 0 bridgehead atoms. The highest BCUT2D eigenvalue weighted by Crippen LogP contribution is 2.25. The van der Waals surface area contributed by atoms with Crippen molar-refractivity contribution in [1.29, 1.82) is 0 Å². The highest BCUT2D eigenvalue weighted by molar-refractivity contribution is 5.47. The number of hydrogen-bond acceptors (Lipinski definition) is 4. The molecule has 0 amide bonds. The molecule has 1 N–H and O–H groups in total. The van der Waals surface area contributed by atoms with Crippen molar-refractivity contribution in [3.05, 3.63) is 17.1 Å². The monoisotopic (exact) mass is 303 g/mol. The van der Waals surface area contributed by atoms with E-state index < -0.39 is 12.8 Å². The Morgan fingerprint density at radius 1 is 1.14 bits per heavy atom. The lowest BCUT2D eigenvalue weighted by Gasteiger charge is -2.14. The van der Waals surface area contributed by atoms with Crippen LogP contribution >= 0.6 is 0 Å². The molecule has 0 unspecified atom stereocenters. The van der Waals surface area contributed by atoms with Crippen molar-refractivity contribution in [2.45, 2.75) is 51.8 Å². The first kappa shape index (κ1) is 16.0. The molecule has 1 aliphatic rings. The molecule has 21 heavy (non-hydrogen) atoms. The van der Waals surface area contributed by atoms with Crippen molar-refractivity contribution in [2.24, 2.45) is 0 Å². The third kappa shape index (κ3) is 4.84. The largest absolute Gasteiger partial charge is 0.411 e. The average Bonchev–Trinajstić information content (AvgIpc) is 2.63. The fourth-order valence-corrected chi connectivity index (χ4v) is 2.46. The summed E-state index contributed by atoms with van der Waals surface area (Å²) >= 11 is 0. The van der Waals surface area contributed by atoms with Gasteiger partial charge in [-0.15, -0.1) is 0 Å². The van der Waals surface area contributed by atoms with Crippen LogP contribution in [0.1, 0.15) is 43.3 Å². The van der Waals surface area contributed by atoms with E-state index in [1.165, 1.54) is 0 Å². The normalized spacial score (nSPS) is 15.4. The molecule has 0 aromatic carbocycles. The van der Waals surface area contributed by atoms with E-state index in [-0.39, 0.29) is 6.61 Å². The van der Waals surface area contributed by atoms with Crippen LogP contribution in [-0.2, 0) is 24.2 Å². The zero-order valence-electron chi connectivity index (χ0n) is 12.1. The summed E-state index contributed by atoms with van der Waals surface area (Å²) in [6.07, 6.45) is 0.735. The quantitative estimate of drug-likeness (QED) is 0.848. The van der Waals surface area contributed by atoms with Gasteiger partial charge >= 0.3 is 6.18 Å². The van der Waals surface area contributed by atoms with Gasteiger partial charge < -0.3 is 10.1 Å². The number of alkyl halides is 3. The minimum absolute atomic E-state index is 0.217. The number of aromatic nitrogens is 2. The number of halogens is 3. The molecular formula is C14H20F3N3O. The molecule has 1 aromatic rings. The fourth-order valence-electron chi connectivity index (χ4n) is 2.46. The second kappa shape index (κ2) is 7.06. The second-order valence-corrected chi connectivity index (χ2v) is 5.11. The van der Waals surface area contributed by atoms with Gasteiger partial charge in [-0.3, -0.25) is 0 Å². The molecule has 1 heterocycles. The maximum absolute atomic E-state index is 12.1. The van der Waals surface area contributed by atoms with E-state index in [2.05, 4.69) is 20.0 Å². The Morgan fingerprint density at radius 2 is 1.90 bits per heavy atom. The Morgan fingerprint density at radius 3 is 2.62 bits per heavy atom. The van der Waals surface area contributed by atoms with E-state index >= 15 is 0 Å². The minimum Gasteiger partial charge on any atom is -0.370 e. The number of aryl methyl sites for hydroxylation is 1. The van der Waals surface area contributed by atoms with Crippen LogP contribution in [0.2, 0.25) is 0 Å². The fraction of sp³-hybridized carbons (Fsp3) is 0.714. The summed E-state index contributed by atoms with van der Waals surface area (Å²) in [7, 11) is 0. The van der Waals surface area contributed by atoms with Crippen LogP contribution in [0.25, 0.3) is 0 Å². The van der Waals surface area contributed by atoms with Gasteiger partial charge in [0.2, 0.25) is 0 Å². The van der Waals surface area contributed by atoms with E-state index in [0.717, 1.165) is 49.2 Å². The summed E-state index contributed by atoms with van der Waals surface area (Å²) < 4.78 is 41.0. The van der Waals surface area contributed by atoms with Crippen molar-refractivity contribution in [3.63, 3.8) is 0 Å². The lowest BCUT2D eigenvalue weighted by Crippen LogP contribution is -2.18. The highest BCUT2D eigenvalue weighted by Gasteiger charge is 2.27. The first-order valence-electron chi connectivity index (χ1n) is 7.26. The van der Waals surface area contributed by atoms with Crippen molar-refractivity contribution in [2.75, 3.05) is 18.5 Å². The predicted octanol–water partition coefficient (Wildman–Crippen LogP) is 3.26. The maximum Gasteiger partial charge on any atom is 0.411 e. The molecule has 2 rings (SSSR count). The first-order valence-corrected chi connectivity index (χ1v) is 7.26. The van der Waals surface area contributed by atoms with Crippen LogP contribution in [-0.4, -0.2) is 29.3 Å². The SMILES string of the molecule is CCNc1nc(COCC(F)(F)F)nc2c1CCCCC2. The lowest BCUT2D eigenvalue weighted by atomic mass is 10.1. The Hall–Kier alpha value is -1.37. The molecule has 4 nitrogen and oxygen atoms in total. The van der Waals surface area contributed by atoms with E-state index in [9.17, 15) is 13.2 Å². The number of rotatable bonds is 5. The van der Waals surface area contributed by atoms with Crippen LogP contribution in [0.5, 0.6) is 0 Å². The van der Waals surface area contributed by atoms with Gasteiger partial charge in [0.05, 0.1) is 0 Å². The number of nitrogens with one attached hydrogen (secondary N) is 1. The highest BCUT2D eigenvalue weighted by atomic mass is 19.4. The molecule has 0 radical (unpaired) electrons. The van der Waals surface area contributed by atoms with Crippen molar-refractivity contribution >= 4 is 5.82 Å². The topological polar surface area (TPSA) is 47.0 Å².